The molecule has 1 aromatic heterocycles. The van der Waals surface area contributed by atoms with Crippen LogP contribution in [0.2, 0.25) is 0 Å². The molecular formula is C20H35Cl2N3OS. The van der Waals surface area contributed by atoms with Crippen LogP contribution in [0.15, 0.2) is 16.8 Å². The Kier molecular flexibility index (Phi) is 10.6. The van der Waals surface area contributed by atoms with Crippen molar-refractivity contribution < 1.29 is 4.79 Å². The van der Waals surface area contributed by atoms with E-state index < -0.39 is 0 Å². The highest BCUT2D eigenvalue weighted by atomic mass is 35.5. The molecule has 1 heterocycles. The van der Waals surface area contributed by atoms with Gasteiger partial charge in [0.05, 0.1) is 6.04 Å². The molecule has 0 radical (unpaired) electrons. The molecule has 2 aliphatic rings. The molecule has 2 saturated carbocycles. The summed E-state index contributed by atoms with van der Waals surface area (Å²) in [5.41, 5.74) is 7.69. The Hall–Kier alpha value is -0.330. The van der Waals surface area contributed by atoms with Crippen molar-refractivity contribution in [2.75, 3.05) is 19.6 Å². The number of nitrogens with two attached hydrogens (primary N) is 1. The second-order valence-electron chi connectivity index (χ2n) is 7.74. The van der Waals surface area contributed by atoms with E-state index in [1.54, 1.807) is 11.3 Å². The van der Waals surface area contributed by atoms with Crippen LogP contribution in [0.1, 0.15) is 57.6 Å². The SMILES string of the molecule is CCN(CC)C(CNC(=O)C1CC2CCCC(C1)C2N)c1ccsc1.Cl.Cl. The largest absolute Gasteiger partial charge is 0.354 e. The lowest BCUT2D eigenvalue weighted by Gasteiger charge is -2.43. The number of amides is 1. The van der Waals surface area contributed by atoms with Gasteiger partial charge in [-0.15, -0.1) is 24.8 Å². The summed E-state index contributed by atoms with van der Waals surface area (Å²) in [7, 11) is 0. The van der Waals surface area contributed by atoms with Gasteiger partial charge >= 0.3 is 0 Å². The maximum atomic E-state index is 12.8. The molecule has 3 unspecified atom stereocenters. The van der Waals surface area contributed by atoms with Gasteiger partial charge in [0.2, 0.25) is 5.91 Å². The van der Waals surface area contributed by atoms with E-state index in [1.165, 1.54) is 24.8 Å². The summed E-state index contributed by atoms with van der Waals surface area (Å²) in [4.78, 5) is 15.3. The number of rotatable bonds is 7. The second-order valence-corrected chi connectivity index (χ2v) is 8.52. The number of fused-ring (bicyclic) bond motifs is 2. The Morgan fingerprint density at radius 3 is 2.41 bits per heavy atom. The van der Waals surface area contributed by atoms with Gasteiger partial charge in [-0.1, -0.05) is 20.3 Å². The van der Waals surface area contributed by atoms with Crippen LogP contribution >= 0.6 is 36.2 Å². The van der Waals surface area contributed by atoms with E-state index in [9.17, 15) is 4.79 Å². The first-order chi connectivity index (χ1) is 12.1. The van der Waals surface area contributed by atoms with Crippen LogP contribution in [0.3, 0.4) is 0 Å². The summed E-state index contributed by atoms with van der Waals surface area (Å²) < 4.78 is 0. The molecule has 7 heteroatoms. The number of halogens is 2. The number of hydrogen-bond acceptors (Lipinski definition) is 4. The van der Waals surface area contributed by atoms with Gasteiger partial charge in [-0.25, -0.2) is 0 Å². The number of carbonyl (C=O) groups is 1. The molecule has 27 heavy (non-hydrogen) atoms. The van der Waals surface area contributed by atoms with Gasteiger partial charge in [0.25, 0.3) is 0 Å². The minimum Gasteiger partial charge on any atom is -0.354 e. The molecule has 0 spiro atoms. The van der Waals surface area contributed by atoms with Gasteiger partial charge in [0.15, 0.2) is 0 Å². The van der Waals surface area contributed by atoms with Crippen molar-refractivity contribution in [3.8, 4) is 0 Å². The first-order valence-corrected chi connectivity index (χ1v) is 10.9. The molecule has 0 aliphatic heterocycles. The third kappa shape index (κ3) is 5.83. The first kappa shape index (κ1) is 24.7. The van der Waals surface area contributed by atoms with Gasteiger partial charge in [-0.2, -0.15) is 11.3 Å². The van der Waals surface area contributed by atoms with E-state index in [1.807, 2.05) is 0 Å². The lowest BCUT2D eigenvalue weighted by Crippen LogP contribution is -2.49. The van der Waals surface area contributed by atoms with Crippen molar-refractivity contribution in [3.05, 3.63) is 22.4 Å². The standard InChI is InChI=1S/C20H33N3OS.2ClH/c1-3-23(4-2)18(16-8-9-25-13-16)12-22-20(24)17-10-14-6-5-7-15(11-17)19(14)21;;/h8-9,13-15,17-19H,3-7,10-12,21H2,1-2H3,(H,22,24);2*1H. The predicted molar refractivity (Wildman–Crippen MR) is 119 cm³/mol. The average Bonchev–Trinajstić information content (AvgIpc) is 3.12. The van der Waals surface area contributed by atoms with Crippen LogP contribution < -0.4 is 11.1 Å². The summed E-state index contributed by atoms with van der Waals surface area (Å²) in [5.74, 6) is 1.52. The normalized spacial score (nSPS) is 28.0. The van der Waals surface area contributed by atoms with Crippen molar-refractivity contribution in [3.63, 3.8) is 0 Å². The summed E-state index contributed by atoms with van der Waals surface area (Å²) in [6.45, 7) is 7.07. The maximum Gasteiger partial charge on any atom is 0.223 e. The molecule has 0 aromatic carbocycles. The zero-order chi connectivity index (χ0) is 17.8. The summed E-state index contributed by atoms with van der Waals surface area (Å²) in [6.07, 6.45) is 5.67. The molecule has 2 bridgehead atoms. The van der Waals surface area contributed by atoms with Gasteiger partial charge in [-0.05, 0) is 73.0 Å². The average molecular weight is 436 g/mol. The highest BCUT2D eigenvalue weighted by molar-refractivity contribution is 7.07. The van der Waals surface area contributed by atoms with E-state index >= 15 is 0 Å². The zero-order valence-corrected chi connectivity index (χ0v) is 18.9. The minimum absolute atomic E-state index is 0. The van der Waals surface area contributed by atoms with Crippen LogP contribution in [0.5, 0.6) is 0 Å². The monoisotopic (exact) mass is 435 g/mol. The minimum atomic E-state index is 0. The third-order valence-corrected chi connectivity index (χ3v) is 7.14. The molecule has 2 fully saturated rings. The summed E-state index contributed by atoms with van der Waals surface area (Å²) in [5, 5.41) is 7.61. The number of nitrogens with one attached hydrogen (secondary N) is 1. The summed E-state index contributed by atoms with van der Waals surface area (Å²) >= 11 is 1.73. The Balaban J connectivity index is 0.00000182. The Morgan fingerprint density at radius 2 is 1.89 bits per heavy atom. The summed E-state index contributed by atoms with van der Waals surface area (Å²) in [6, 6.07) is 2.78. The van der Waals surface area contributed by atoms with Crippen LogP contribution in [-0.4, -0.2) is 36.5 Å². The lowest BCUT2D eigenvalue weighted by molar-refractivity contribution is -0.128. The molecule has 1 amide bonds. The molecular weight excluding hydrogens is 401 g/mol. The molecule has 3 rings (SSSR count). The molecule has 4 nitrogen and oxygen atoms in total. The van der Waals surface area contributed by atoms with Gasteiger partial charge in [-0.3, -0.25) is 9.69 Å². The molecule has 156 valence electrons. The van der Waals surface area contributed by atoms with Crippen molar-refractivity contribution in [2.45, 2.75) is 58.0 Å². The molecule has 1 aromatic rings. The fourth-order valence-corrected chi connectivity index (χ4v) is 5.64. The van der Waals surface area contributed by atoms with Crippen molar-refractivity contribution >= 4 is 42.1 Å². The first-order valence-electron chi connectivity index (χ1n) is 9.93. The zero-order valence-electron chi connectivity index (χ0n) is 16.4. The quantitative estimate of drug-likeness (QED) is 0.672. The second kappa shape index (κ2) is 11.6. The Bertz CT molecular complexity index is 539. The van der Waals surface area contributed by atoms with Gasteiger partial charge in [0, 0.05) is 18.5 Å². The van der Waals surface area contributed by atoms with Gasteiger partial charge < -0.3 is 11.1 Å². The smallest absolute Gasteiger partial charge is 0.223 e. The van der Waals surface area contributed by atoms with E-state index in [0.717, 1.165) is 25.9 Å². The van der Waals surface area contributed by atoms with E-state index in [4.69, 9.17) is 5.73 Å². The number of nitrogens with zero attached hydrogens (tertiary/aromatic N) is 1. The topological polar surface area (TPSA) is 58.4 Å². The van der Waals surface area contributed by atoms with Crippen LogP contribution in [0.25, 0.3) is 0 Å². The number of hydrogen-bond donors (Lipinski definition) is 2. The Morgan fingerprint density at radius 1 is 1.26 bits per heavy atom. The fourth-order valence-electron chi connectivity index (χ4n) is 4.93. The predicted octanol–water partition coefficient (Wildman–Crippen LogP) is 4.24. The van der Waals surface area contributed by atoms with Crippen molar-refractivity contribution in [1.29, 1.82) is 0 Å². The Labute approximate surface area is 180 Å². The molecule has 0 saturated heterocycles. The van der Waals surface area contributed by atoms with Crippen molar-refractivity contribution in [2.24, 2.45) is 23.5 Å². The molecule has 3 N–H and O–H groups in total. The van der Waals surface area contributed by atoms with E-state index in [-0.39, 0.29) is 42.7 Å². The van der Waals surface area contributed by atoms with Crippen molar-refractivity contribution in [1.82, 2.24) is 10.2 Å². The highest BCUT2D eigenvalue weighted by Gasteiger charge is 2.40. The van der Waals surface area contributed by atoms with E-state index in [0.29, 0.717) is 24.4 Å². The van der Waals surface area contributed by atoms with E-state index in [2.05, 4.69) is 40.9 Å². The van der Waals surface area contributed by atoms with Gasteiger partial charge in [0.1, 0.15) is 0 Å². The maximum absolute atomic E-state index is 12.8. The lowest BCUT2D eigenvalue weighted by atomic mass is 9.65. The fraction of sp³-hybridized carbons (Fsp3) is 0.750. The number of carbonyl (C=O) groups excluding carboxylic acids is 1. The van der Waals surface area contributed by atoms with Crippen LogP contribution in [0.4, 0.5) is 0 Å². The third-order valence-electron chi connectivity index (χ3n) is 6.43. The van der Waals surface area contributed by atoms with Crippen LogP contribution in [-0.2, 0) is 4.79 Å². The number of likely N-dealkylation sites (N-methyl/N-ethyl adjacent to an activating group) is 1. The molecule has 3 atom stereocenters. The highest BCUT2D eigenvalue weighted by Crippen LogP contribution is 2.41. The number of thiophene rings is 1. The molecule has 2 aliphatic carbocycles. The van der Waals surface area contributed by atoms with Crippen LogP contribution in [0, 0.1) is 17.8 Å².